The van der Waals surface area contributed by atoms with E-state index in [1.807, 2.05) is 0 Å². The molecule has 0 bridgehead atoms. The van der Waals surface area contributed by atoms with Gasteiger partial charge in [0.25, 0.3) is 0 Å². The van der Waals surface area contributed by atoms with Crippen LogP contribution in [0.3, 0.4) is 0 Å². The molecule has 1 saturated heterocycles. The molecule has 94 valence electrons. The van der Waals surface area contributed by atoms with E-state index in [1.165, 1.54) is 58.0 Å². The number of nitrogens with two attached hydrogens (primary N) is 1. The normalized spacial score (nSPS) is 37.5. The van der Waals surface area contributed by atoms with Gasteiger partial charge in [-0.25, -0.2) is 0 Å². The summed E-state index contributed by atoms with van der Waals surface area (Å²) in [4.78, 5) is 2.68. The van der Waals surface area contributed by atoms with Gasteiger partial charge in [0.2, 0.25) is 0 Å². The molecule has 1 saturated carbocycles. The Balaban J connectivity index is 1.78. The van der Waals surface area contributed by atoms with Crippen LogP contribution < -0.4 is 5.73 Å². The van der Waals surface area contributed by atoms with Crippen molar-refractivity contribution in [3.63, 3.8) is 0 Å². The summed E-state index contributed by atoms with van der Waals surface area (Å²) in [6, 6.07) is 0.688. The van der Waals surface area contributed by atoms with Crippen molar-refractivity contribution in [3.8, 4) is 0 Å². The average molecular weight is 224 g/mol. The van der Waals surface area contributed by atoms with Crippen LogP contribution in [0.4, 0.5) is 0 Å². The summed E-state index contributed by atoms with van der Waals surface area (Å²) in [5, 5.41) is 0. The van der Waals surface area contributed by atoms with E-state index in [1.54, 1.807) is 0 Å². The smallest absolute Gasteiger partial charge is 0.0218 e. The summed E-state index contributed by atoms with van der Waals surface area (Å²) in [7, 11) is 0. The van der Waals surface area contributed by atoms with Crippen molar-refractivity contribution in [1.29, 1.82) is 0 Å². The van der Waals surface area contributed by atoms with Crippen LogP contribution in [0, 0.1) is 11.8 Å². The Morgan fingerprint density at radius 2 is 1.81 bits per heavy atom. The minimum absolute atomic E-state index is 0.688. The van der Waals surface area contributed by atoms with Gasteiger partial charge in [0.05, 0.1) is 0 Å². The summed E-state index contributed by atoms with van der Waals surface area (Å²) in [6.45, 7) is 5.89. The van der Waals surface area contributed by atoms with Gasteiger partial charge in [0.15, 0.2) is 0 Å². The minimum atomic E-state index is 0.688. The van der Waals surface area contributed by atoms with Gasteiger partial charge in [-0.3, -0.25) is 4.90 Å². The molecule has 0 aromatic rings. The van der Waals surface area contributed by atoms with Crippen molar-refractivity contribution in [2.45, 2.75) is 57.9 Å². The van der Waals surface area contributed by atoms with Crippen LogP contribution in [0.25, 0.3) is 0 Å². The van der Waals surface area contributed by atoms with Gasteiger partial charge >= 0.3 is 0 Å². The molecule has 2 nitrogen and oxygen atoms in total. The van der Waals surface area contributed by atoms with E-state index < -0.39 is 0 Å². The number of likely N-dealkylation sites (tertiary alicyclic amines) is 1. The van der Waals surface area contributed by atoms with Gasteiger partial charge in [0.1, 0.15) is 0 Å². The van der Waals surface area contributed by atoms with Crippen LogP contribution in [0.5, 0.6) is 0 Å². The second-order valence-corrected chi connectivity index (χ2v) is 6.01. The fourth-order valence-corrected chi connectivity index (χ4v) is 3.41. The molecule has 2 rings (SSSR count). The zero-order valence-corrected chi connectivity index (χ0v) is 10.8. The summed E-state index contributed by atoms with van der Waals surface area (Å²) in [5.74, 6) is 1.94. The highest BCUT2D eigenvalue weighted by molar-refractivity contribution is 4.81. The van der Waals surface area contributed by atoms with Crippen molar-refractivity contribution in [2.24, 2.45) is 17.6 Å². The zero-order chi connectivity index (χ0) is 11.4. The van der Waals surface area contributed by atoms with Crippen LogP contribution >= 0.6 is 0 Å². The Hall–Kier alpha value is -0.0800. The zero-order valence-electron chi connectivity index (χ0n) is 10.8. The Bertz CT molecular complexity index is 197. The molecular formula is C14H28N2. The number of piperidine rings is 1. The molecule has 2 aliphatic rings. The molecule has 0 spiro atoms. The molecule has 1 atom stereocenters. The predicted molar refractivity (Wildman–Crippen MR) is 69.4 cm³/mol. The van der Waals surface area contributed by atoms with Crippen LogP contribution in [-0.2, 0) is 0 Å². The SMILES string of the molecule is CC1CCC(CN2CCCC[C@@H]2CN)CC1. The summed E-state index contributed by atoms with van der Waals surface area (Å²) >= 11 is 0. The lowest BCUT2D eigenvalue weighted by Gasteiger charge is -2.38. The molecule has 0 aromatic carbocycles. The van der Waals surface area contributed by atoms with E-state index in [-0.39, 0.29) is 0 Å². The second kappa shape index (κ2) is 6.02. The fraction of sp³-hybridized carbons (Fsp3) is 1.00. The first kappa shape index (κ1) is 12.4. The minimum Gasteiger partial charge on any atom is -0.329 e. The number of hydrogen-bond acceptors (Lipinski definition) is 2. The maximum atomic E-state index is 5.88. The number of nitrogens with zero attached hydrogens (tertiary/aromatic N) is 1. The van der Waals surface area contributed by atoms with Crippen LogP contribution in [0.2, 0.25) is 0 Å². The number of rotatable bonds is 3. The standard InChI is InChI=1S/C14H28N2/c1-12-5-7-13(8-6-12)11-16-9-3-2-4-14(16)10-15/h12-14H,2-11,15H2,1H3/t12?,13?,14-/m1/s1. The van der Waals surface area contributed by atoms with Crippen molar-refractivity contribution in [1.82, 2.24) is 4.90 Å². The van der Waals surface area contributed by atoms with E-state index in [2.05, 4.69) is 11.8 Å². The van der Waals surface area contributed by atoms with Gasteiger partial charge in [-0.05, 0) is 44.1 Å². The second-order valence-electron chi connectivity index (χ2n) is 6.01. The monoisotopic (exact) mass is 224 g/mol. The molecule has 1 aliphatic carbocycles. The van der Waals surface area contributed by atoms with Crippen molar-refractivity contribution >= 4 is 0 Å². The third-order valence-corrected chi connectivity index (χ3v) is 4.65. The number of hydrogen-bond donors (Lipinski definition) is 1. The van der Waals surface area contributed by atoms with Gasteiger partial charge in [-0.2, -0.15) is 0 Å². The summed E-state index contributed by atoms with van der Waals surface area (Å²) in [5.41, 5.74) is 5.88. The van der Waals surface area contributed by atoms with E-state index in [0.29, 0.717) is 6.04 Å². The fourth-order valence-electron chi connectivity index (χ4n) is 3.41. The largest absolute Gasteiger partial charge is 0.329 e. The van der Waals surface area contributed by atoms with E-state index >= 15 is 0 Å². The van der Waals surface area contributed by atoms with Gasteiger partial charge in [-0.15, -0.1) is 0 Å². The Kier molecular flexibility index (Phi) is 4.66. The lowest BCUT2D eigenvalue weighted by atomic mass is 9.82. The van der Waals surface area contributed by atoms with Gasteiger partial charge < -0.3 is 5.73 Å². The average Bonchev–Trinajstić information content (AvgIpc) is 2.33. The Labute approximate surface area is 101 Å². The van der Waals surface area contributed by atoms with Crippen molar-refractivity contribution in [2.75, 3.05) is 19.6 Å². The quantitative estimate of drug-likeness (QED) is 0.798. The molecular weight excluding hydrogens is 196 g/mol. The maximum Gasteiger partial charge on any atom is 0.0218 e. The van der Waals surface area contributed by atoms with E-state index in [4.69, 9.17) is 5.73 Å². The topological polar surface area (TPSA) is 29.3 Å². The third-order valence-electron chi connectivity index (χ3n) is 4.65. The van der Waals surface area contributed by atoms with E-state index in [9.17, 15) is 0 Å². The molecule has 1 aliphatic heterocycles. The summed E-state index contributed by atoms with van der Waals surface area (Å²) in [6.07, 6.45) is 9.92. The molecule has 0 unspecified atom stereocenters. The first-order valence-corrected chi connectivity index (χ1v) is 7.23. The van der Waals surface area contributed by atoms with Crippen LogP contribution in [0.1, 0.15) is 51.9 Å². The Morgan fingerprint density at radius 3 is 2.50 bits per heavy atom. The lowest BCUT2D eigenvalue weighted by Crippen LogP contribution is -2.46. The lowest BCUT2D eigenvalue weighted by molar-refractivity contribution is 0.111. The van der Waals surface area contributed by atoms with Gasteiger partial charge in [0, 0.05) is 19.1 Å². The molecule has 0 radical (unpaired) electrons. The molecule has 2 heteroatoms. The first-order valence-electron chi connectivity index (χ1n) is 7.23. The summed E-state index contributed by atoms with van der Waals surface area (Å²) < 4.78 is 0. The molecule has 2 fully saturated rings. The van der Waals surface area contributed by atoms with Crippen LogP contribution in [-0.4, -0.2) is 30.6 Å². The molecule has 2 N–H and O–H groups in total. The van der Waals surface area contributed by atoms with Crippen molar-refractivity contribution < 1.29 is 0 Å². The third kappa shape index (κ3) is 3.21. The van der Waals surface area contributed by atoms with Crippen LogP contribution in [0.15, 0.2) is 0 Å². The molecule has 0 amide bonds. The van der Waals surface area contributed by atoms with E-state index in [0.717, 1.165) is 18.4 Å². The molecule has 16 heavy (non-hydrogen) atoms. The first-order chi connectivity index (χ1) is 7.79. The molecule has 1 heterocycles. The molecule has 0 aromatic heterocycles. The highest BCUT2D eigenvalue weighted by Gasteiger charge is 2.25. The Morgan fingerprint density at radius 1 is 1.06 bits per heavy atom. The van der Waals surface area contributed by atoms with Crippen molar-refractivity contribution in [3.05, 3.63) is 0 Å². The highest BCUT2D eigenvalue weighted by atomic mass is 15.2. The maximum absolute atomic E-state index is 5.88. The predicted octanol–water partition coefficient (Wildman–Crippen LogP) is 2.63. The highest BCUT2D eigenvalue weighted by Crippen LogP contribution is 2.30. The van der Waals surface area contributed by atoms with Gasteiger partial charge in [-0.1, -0.05) is 26.2 Å².